The summed E-state index contributed by atoms with van der Waals surface area (Å²) in [5.74, 6) is 0. The molecule has 0 aromatic heterocycles. The third kappa shape index (κ3) is 10.0. The maximum atomic E-state index is 2.48. The smallest absolute Gasteiger partial charge is 0.0480 e. The van der Waals surface area contributed by atoms with Crippen LogP contribution >= 0.6 is 0 Å². The van der Waals surface area contributed by atoms with Crippen molar-refractivity contribution in [2.75, 3.05) is 0 Å². The van der Waals surface area contributed by atoms with Crippen molar-refractivity contribution in [2.45, 2.75) is 71.6 Å². The van der Waals surface area contributed by atoms with Gasteiger partial charge in [-0.25, -0.2) is 0 Å². The molecule has 1 heteroatoms. The van der Waals surface area contributed by atoms with E-state index < -0.39 is 8.07 Å². The molecule has 0 aliphatic carbocycles. The molecule has 0 bridgehead atoms. The largest absolute Gasteiger partial charge is 0.0883 e. The molecule has 0 heterocycles. The molecule has 0 nitrogen and oxygen atoms in total. The summed E-state index contributed by atoms with van der Waals surface area (Å²) in [5, 5.41) is 0. The topological polar surface area (TPSA) is 0 Å². The number of unbranched alkanes of at least 4 members (excludes halogenated alkanes) is 3. The normalized spacial score (nSPS) is 13.4. The maximum absolute atomic E-state index is 2.48. The molecule has 0 amide bonds. The summed E-state index contributed by atoms with van der Waals surface area (Å²) in [6.07, 6.45) is 9.36. The molecule has 0 aromatic carbocycles. The van der Waals surface area contributed by atoms with Crippen LogP contribution in [0.5, 0.6) is 0 Å². The molecule has 0 spiro atoms. The first-order chi connectivity index (χ1) is 6.45. The minimum atomic E-state index is -0.851. The molecule has 0 saturated heterocycles. The Morgan fingerprint density at radius 2 is 1.71 bits per heavy atom. The molecule has 0 rings (SSSR count). The molecule has 0 unspecified atom stereocenters. The van der Waals surface area contributed by atoms with Crippen molar-refractivity contribution in [3.05, 3.63) is 11.6 Å². The Morgan fingerprint density at radius 3 is 2.21 bits per heavy atom. The molecular formula is C13H28Si. The van der Waals surface area contributed by atoms with Gasteiger partial charge in [0.1, 0.15) is 0 Å². The van der Waals surface area contributed by atoms with Gasteiger partial charge in [0.25, 0.3) is 0 Å². The van der Waals surface area contributed by atoms with Crippen molar-refractivity contribution in [3.63, 3.8) is 0 Å². The van der Waals surface area contributed by atoms with Crippen molar-refractivity contribution < 1.29 is 0 Å². The average Bonchev–Trinajstić information content (AvgIpc) is 2.08. The lowest BCUT2D eigenvalue weighted by Crippen LogP contribution is -2.17. The Balaban J connectivity index is 3.57. The van der Waals surface area contributed by atoms with Gasteiger partial charge in [0.05, 0.1) is 0 Å². The van der Waals surface area contributed by atoms with Gasteiger partial charge in [-0.3, -0.25) is 0 Å². The van der Waals surface area contributed by atoms with Crippen molar-refractivity contribution in [3.8, 4) is 0 Å². The fourth-order valence-electron chi connectivity index (χ4n) is 1.41. The van der Waals surface area contributed by atoms with E-state index in [2.05, 4.69) is 39.6 Å². The fourth-order valence-corrected chi connectivity index (χ4v) is 2.37. The predicted octanol–water partition coefficient (Wildman–Crippen LogP) is 5.24. The molecular weight excluding hydrogens is 184 g/mol. The van der Waals surface area contributed by atoms with E-state index in [4.69, 9.17) is 0 Å². The van der Waals surface area contributed by atoms with E-state index in [0.29, 0.717) is 0 Å². The number of allylic oxidation sites excluding steroid dienone is 2. The average molecular weight is 212 g/mol. The molecule has 0 aliphatic rings. The second kappa shape index (κ2) is 7.28. The highest BCUT2D eigenvalue weighted by Crippen LogP contribution is 2.14. The summed E-state index contributed by atoms with van der Waals surface area (Å²) in [5.41, 5.74) is 1.61. The van der Waals surface area contributed by atoms with Gasteiger partial charge in [0.2, 0.25) is 0 Å². The van der Waals surface area contributed by atoms with E-state index >= 15 is 0 Å². The molecule has 0 aromatic rings. The second-order valence-corrected chi connectivity index (χ2v) is 11.2. The van der Waals surface area contributed by atoms with Gasteiger partial charge in [-0.2, -0.15) is 0 Å². The van der Waals surface area contributed by atoms with Crippen LogP contribution in [0.4, 0.5) is 0 Å². The molecule has 0 atom stereocenters. The van der Waals surface area contributed by atoms with E-state index in [1.54, 1.807) is 5.57 Å². The monoisotopic (exact) mass is 212 g/mol. The Hall–Kier alpha value is -0.0431. The van der Waals surface area contributed by atoms with Gasteiger partial charge >= 0.3 is 0 Å². The number of rotatable bonds is 7. The summed E-state index contributed by atoms with van der Waals surface area (Å²) in [6, 6.07) is 1.35. The Bertz CT molecular complexity index is 163. The standard InChI is InChI=1S/C13H28Si/c1-6-7-8-9-10-13(2)11-12-14(3,4)5/h11H,6-10,12H2,1-5H3. The van der Waals surface area contributed by atoms with Gasteiger partial charge in [0.15, 0.2) is 0 Å². The van der Waals surface area contributed by atoms with Gasteiger partial charge in [-0.05, 0) is 25.8 Å². The van der Waals surface area contributed by atoms with E-state index in [1.807, 2.05) is 0 Å². The number of hydrogen-bond donors (Lipinski definition) is 0. The minimum Gasteiger partial charge on any atom is -0.0883 e. The summed E-state index contributed by atoms with van der Waals surface area (Å²) < 4.78 is 0. The lowest BCUT2D eigenvalue weighted by molar-refractivity contribution is 0.664. The molecule has 84 valence electrons. The first-order valence-corrected chi connectivity index (χ1v) is 9.82. The predicted molar refractivity (Wildman–Crippen MR) is 70.7 cm³/mol. The molecule has 14 heavy (non-hydrogen) atoms. The lowest BCUT2D eigenvalue weighted by Gasteiger charge is -2.13. The first-order valence-electron chi connectivity index (χ1n) is 6.11. The quantitative estimate of drug-likeness (QED) is 0.307. The van der Waals surface area contributed by atoms with E-state index in [1.165, 1.54) is 38.1 Å². The maximum Gasteiger partial charge on any atom is 0.0480 e. The highest BCUT2D eigenvalue weighted by molar-refractivity contribution is 6.76. The molecule has 0 N–H and O–H groups in total. The summed E-state index contributed by atoms with van der Waals surface area (Å²) >= 11 is 0. The summed E-state index contributed by atoms with van der Waals surface area (Å²) in [6.45, 7) is 11.9. The van der Waals surface area contributed by atoms with E-state index in [9.17, 15) is 0 Å². The molecule has 0 radical (unpaired) electrons. The lowest BCUT2D eigenvalue weighted by atomic mass is 10.1. The molecule has 0 fully saturated rings. The van der Waals surface area contributed by atoms with Crippen molar-refractivity contribution >= 4 is 8.07 Å². The summed E-state index contributed by atoms with van der Waals surface area (Å²) in [7, 11) is -0.851. The summed E-state index contributed by atoms with van der Waals surface area (Å²) in [4.78, 5) is 0. The van der Waals surface area contributed by atoms with E-state index in [-0.39, 0.29) is 0 Å². The van der Waals surface area contributed by atoms with Gasteiger partial charge < -0.3 is 0 Å². The van der Waals surface area contributed by atoms with Crippen LogP contribution in [0.25, 0.3) is 0 Å². The van der Waals surface area contributed by atoms with Crippen LogP contribution in [0.2, 0.25) is 25.7 Å². The van der Waals surface area contributed by atoms with Gasteiger partial charge in [-0.15, -0.1) is 0 Å². The van der Waals surface area contributed by atoms with Crippen LogP contribution in [0.1, 0.15) is 46.0 Å². The van der Waals surface area contributed by atoms with Crippen LogP contribution in [-0.4, -0.2) is 8.07 Å². The third-order valence-corrected chi connectivity index (χ3v) is 3.92. The van der Waals surface area contributed by atoms with Crippen LogP contribution in [0, 0.1) is 0 Å². The van der Waals surface area contributed by atoms with E-state index in [0.717, 1.165) is 0 Å². The fraction of sp³-hybridized carbons (Fsp3) is 0.846. The first kappa shape index (κ1) is 14.0. The second-order valence-electron chi connectivity index (χ2n) is 5.63. The number of hydrogen-bond acceptors (Lipinski definition) is 0. The highest BCUT2D eigenvalue weighted by atomic mass is 28.3. The third-order valence-electron chi connectivity index (χ3n) is 2.49. The van der Waals surface area contributed by atoms with Crippen molar-refractivity contribution in [2.24, 2.45) is 0 Å². The molecule has 0 saturated carbocycles. The highest BCUT2D eigenvalue weighted by Gasteiger charge is 2.09. The van der Waals surface area contributed by atoms with Crippen molar-refractivity contribution in [1.82, 2.24) is 0 Å². The minimum absolute atomic E-state index is 0.851. The Morgan fingerprint density at radius 1 is 1.07 bits per heavy atom. The van der Waals surface area contributed by atoms with Gasteiger partial charge in [0, 0.05) is 8.07 Å². The van der Waals surface area contributed by atoms with Crippen LogP contribution < -0.4 is 0 Å². The van der Waals surface area contributed by atoms with Gasteiger partial charge in [-0.1, -0.05) is 57.5 Å². The van der Waals surface area contributed by atoms with Crippen LogP contribution in [0.3, 0.4) is 0 Å². The zero-order chi connectivity index (χ0) is 11.0. The Kier molecular flexibility index (Phi) is 7.25. The SMILES string of the molecule is CCCCCCC(C)=CC[Si](C)(C)C. The molecule has 0 aliphatic heterocycles. The Labute approximate surface area is 91.8 Å². The van der Waals surface area contributed by atoms with Crippen LogP contribution in [-0.2, 0) is 0 Å². The zero-order valence-corrected chi connectivity index (χ0v) is 11.8. The zero-order valence-electron chi connectivity index (χ0n) is 10.8. The van der Waals surface area contributed by atoms with Crippen LogP contribution in [0.15, 0.2) is 11.6 Å². The van der Waals surface area contributed by atoms with Crippen molar-refractivity contribution in [1.29, 1.82) is 0 Å².